The molecular formula is C12H20O2. The molecule has 14 heavy (non-hydrogen) atoms. The number of aliphatic hydroxyl groups is 2. The van der Waals surface area contributed by atoms with E-state index < -0.39 is 5.60 Å². The van der Waals surface area contributed by atoms with Crippen molar-refractivity contribution < 1.29 is 10.2 Å². The van der Waals surface area contributed by atoms with E-state index in [0.717, 1.165) is 38.5 Å². The van der Waals surface area contributed by atoms with Gasteiger partial charge in [-0.2, -0.15) is 0 Å². The SMILES string of the molecule is OCC1CC=CCC1C1(O)CCCC1. The molecule has 0 amide bonds. The Morgan fingerprint density at radius 2 is 1.79 bits per heavy atom. The molecule has 0 aromatic carbocycles. The molecule has 0 aliphatic heterocycles. The lowest BCUT2D eigenvalue weighted by atomic mass is 9.72. The molecule has 1 fully saturated rings. The minimum Gasteiger partial charge on any atom is -0.396 e. The smallest absolute Gasteiger partial charge is 0.0682 e. The Morgan fingerprint density at radius 1 is 1.14 bits per heavy atom. The van der Waals surface area contributed by atoms with E-state index in [0.29, 0.717) is 5.92 Å². The van der Waals surface area contributed by atoms with Crippen LogP contribution in [0.15, 0.2) is 12.2 Å². The van der Waals surface area contributed by atoms with Crippen molar-refractivity contribution >= 4 is 0 Å². The fourth-order valence-electron chi connectivity index (χ4n) is 3.09. The first-order valence-electron chi connectivity index (χ1n) is 5.74. The highest BCUT2D eigenvalue weighted by Gasteiger charge is 2.42. The van der Waals surface area contributed by atoms with Crippen LogP contribution in [-0.2, 0) is 0 Å². The Balaban J connectivity index is 2.10. The van der Waals surface area contributed by atoms with E-state index in [-0.39, 0.29) is 12.5 Å². The lowest BCUT2D eigenvalue weighted by Crippen LogP contribution is -2.41. The van der Waals surface area contributed by atoms with E-state index in [2.05, 4.69) is 12.2 Å². The Labute approximate surface area is 85.6 Å². The molecule has 2 heteroatoms. The van der Waals surface area contributed by atoms with Crippen LogP contribution in [0.3, 0.4) is 0 Å². The van der Waals surface area contributed by atoms with Gasteiger partial charge in [-0.05, 0) is 37.5 Å². The minimum absolute atomic E-state index is 0.220. The van der Waals surface area contributed by atoms with Crippen LogP contribution >= 0.6 is 0 Å². The van der Waals surface area contributed by atoms with E-state index in [4.69, 9.17) is 0 Å². The van der Waals surface area contributed by atoms with E-state index in [1.54, 1.807) is 0 Å². The van der Waals surface area contributed by atoms with E-state index in [9.17, 15) is 10.2 Å². The zero-order valence-electron chi connectivity index (χ0n) is 8.65. The number of hydrogen-bond donors (Lipinski definition) is 2. The maximum Gasteiger partial charge on any atom is 0.0682 e. The van der Waals surface area contributed by atoms with Gasteiger partial charge in [0.2, 0.25) is 0 Å². The first-order chi connectivity index (χ1) is 6.76. The first kappa shape index (κ1) is 10.2. The Bertz CT molecular complexity index is 216. The van der Waals surface area contributed by atoms with Crippen molar-refractivity contribution in [3.8, 4) is 0 Å². The largest absolute Gasteiger partial charge is 0.396 e. The summed E-state index contributed by atoms with van der Waals surface area (Å²) < 4.78 is 0. The minimum atomic E-state index is -0.474. The van der Waals surface area contributed by atoms with Crippen molar-refractivity contribution in [1.29, 1.82) is 0 Å². The quantitative estimate of drug-likeness (QED) is 0.662. The molecule has 0 heterocycles. The molecule has 2 aliphatic rings. The number of aliphatic hydroxyl groups excluding tert-OH is 1. The molecule has 2 unspecified atom stereocenters. The van der Waals surface area contributed by atoms with Gasteiger partial charge in [0.05, 0.1) is 5.60 Å². The van der Waals surface area contributed by atoms with Gasteiger partial charge >= 0.3 is 0 Å². The maximum atomic E-state index is 10.5. The average Bonchev–Trinajstić information content (AvgIpc) is 2.66. The summed E-state index contributed by atoms with van der Waals surface area (Å²) in [6, 6.07) is 0. The molecule has 0 saturated heterocycles. The molecule has 2 aliphatic carbocycles. The van der Waals surface area contributed by atoms with Gasteiger partial charge in [-0.25, -0.2) is 0 Å². The summed E-state index contributed by atoms with van der Waals surface area (Å²) in [5.41, 5.74) is -0.474. The van der Waals surface area contributed by atoms with Gasteiger partial charge in [-0.3, -0.25) is 0 Å². The molecule has 2 rings (SSSR count). The topological polar surface area (TPSA) is 40.5 Å². The molecule has 2 atom stereocenters. The lowest BCUT2D eigenvalue weighted by molar-refractivity contribution is -0.0479. The standard InChI is InChI=1S/C12H20O2/c13-9-10-5-1-2-6-11(10)12(14)7-3-4-8-12/h1-2,10-11,13-14H,3-9H2. The Hall–Kier alpha value is -0.340. The highest BCUT2D eigenvalue weighted by Crippen LogP contribution is 2.43. The molecule has 0 radical (unpaired) electrons. The Morgan fingerprint density at radius 3 is 2.43 bits per heavy atom. The summed E-state index contributed by atoms with van der Waals surface area (Å²) in [6.07, 6.45) is 10.3. The van der Waals surface area contributed by atoms with Crippen LogP contribution < -0.4 is 0 Å². The third-order valence-corrected chi connectivity index (χ3v) is 3.96. The average molecular weight is 196 g/mol. The normalized spacial score (nSPS) is 36.1. The molecule has 2 N–H and O–H groups in total. The highest BCUT2D eigenvalue weighted by atomic mass is 16.3. The van der Waals surface area contributed by atoms with Crippen LogP contribution in [0, 0.1) is 11.8 Å². The van der Waals surface area contributed by atoms with Gasteiger partial charge in [-0.15, -0.1) is 0 Å². The second kappa shape index (κ2) is 4.03. The fraction of sp³-hybridized carbons (Fsp3) is 0.833. The zero-order chi connectivity index (χ0) is 10.0. The van der Waals surface area contributed by atoms with E-state index in [1.807, 2.05) is 0 Å². The van der Waals surface area contributed by atoms with Crippen LogP contribution in [0.25, 0.3) is 0 Å². The van der Waals surface area contributed by atoms with Crippen LogP contribution in [0.1, 0.15) is 38.5 Å². The van der Waals surface area contributed by atoms with Gasteiger partial charge < -0.3 is 10.2 Å². The first-order valence-corrected chi connectivity index (χ1v) is 5.74. The van der Waals surface area contributed by atoms with Crippen molar-refractivity contribution in [1.82, 2.24) is 0 Å². The van der Waals surface area contributed by atoms with Gasteiger partial charge in [0.25, 0.3) is 0 Å². The molecular weight excluding hydrogens is 176 g/mol. The summed E-state index contributed by atoms with van der Waals surface area (Å²) in [5.74, 6) is 0.572. The van der Waals surface area contributed by atoms with E-state index >= 15 is 0 Å². The monoisotopic (exact) mass is 196 g/mol. The van der Waals surface area contributed by atoms with Gasteiger partial charge in [0, 0.05) is 6.61 Å². The van der Waals surface area contributed by atoms with Gasteiger partial charge in [0.15, 0.2) is 0 Å². The van der Waals surface area contributed by atoms with Gasteiger partial charge in [0.1, 0.15) is 0 Å². The van der Waals surface area contributed by atoms with Crippen molar-refractivity contribution in [2.45, 2.75) is 44.1 Å². The second-order valence-electron chi connectivity index (χ2n) is 4.80. The molecule has 0 aromatic rings. The molecule has 0 bridgehead atoms. The van der Waals surface area contributed by atoms with E-state index in [1.165, 1.54) is 0 Å². The van der Waals surface area contributed by atoms with Crippen molar-refractivity contribution in [3.05, 3.63) is 12.2 Å². The number of hydrogen-bond acceptors (Lipinski definition) is 2. The number of rotatable bonds is 2. The fourth-order valence-corrected chi connectivity index (χ4v) is 3.09. The van der Waals surface area contributed by atoms with Gasteiger partial charge in [-0.1, -0.05) is 25.0 Å². The third kappa shape index (κ3) is 1.73. The lowest BCUT2D eigenvalue weighted by Gasteiger charge is -2.38. The summed E-state index contributed by atoms with van der Waals surface area (Å²) in [4.78, 5) is 0. The molecule has 1 saturated carbocycles. The van der Waals surface area contributed by atoms with Crippen LogP contribution in [0.2, 0.25) is 0 Å². The summed E-state index contributed by atoms with van der Waals surface area (Å²) in [5, 5.41) is 19.8. The molecule has 0 aromatic heterocycles. The highest BCUT2D eigenvalue weighted by molar-refractivity contribution is 5.03. The molecule has 80 valence electrons. The molecule has 0 spiro atoms. The van der Waals surface area contributed by atoms with Crippen molar-refractivity contribution in [2.75, 3.05) is 6.61 Å². The summed E-state index contributed by atoms with van der Waals surface area (Å²) in [6.45, 7) is 0.220. The van der Waals surface area contributed by atoms with Crippen LogP contribution in [0.5, 0.6) is 0 Å². The number of allylic oxidation sites excluding steroid dienone is 2. The maximum absolute atomic E-state index is 10.5. The zero-order valence-corrected chi connectivity index (χ0v) is 8.65. The predicted molar refractivity (Wildman–Crippen MR) is 55.9 cm³/mol. The Kier molecular flexibility index (Phi) is 2.93. The van der Waals surface area contributed by atoms with Crippen molar-refractivity contribution in [2.24, 2.45) is 11.8 Å². The summed E-state index contributed by atoms with van der Waals surface area (Å²) >= 11 is 0. The van der Waals surface area contributed by atoms with Crippen LogP contribution in [0.4, 0.5) is 0 Å². The molecule has 2 nitrogen and oxygen atoms in total. The second-order valence-corrected chi connectivity index (χ2v) is 4.80. The summed E-state index contributed by atoms with van der Waals surface area (Å²) in [7, 11) is 0. The van der Waals surface area contributed by atoms with Crippen LogP contribution in [-0.4, -0.2) is 22.4 Å². The van der Waals surface area contributed by atoms with Crippen molar-refractivity contribution in [3.63, 3.8) is 0 Å². The predicted octanol–water partition coefficient (Wildman–Crippen LogP) is 1.87. The third-order valence-electron chi connectivity index (χ3n) is 3.96.